The molecule has 4 heteroatoms. The zero-order chi connectivity index (χ0) is 15.5. The molecule has 2 heterocycles. The summed E-state index contributed by atoms with van der Waals surface area (Å²) in [7, 11) is 1.68. The molecule has 0 N–H and O–H groups in total. The number of benzene rings is 1. The molecule has 0 amide bonds. The Bertz CT molecular complexity index is 670. The van der Waals surface area contributed by atoms with Crippen molar-refractivity contribution >= 4 is 0 Å². The van der Waals surface area contributed by atoms with E-state index in [1.54, 1.807) is 7.11 Å². The van der Waals surface area contributed by atoms with Gasteiger partial charge >= 0.3 is 0 Å². The maximum atomic E-state index is 5.95. The van der Waals surface area contributed by atoms with Crippen molar-refractivity contribution in [3.63, 3.8) is 0 Å². The molecule has 1 aliphatic rings. The minimum atomic E-state index is 0.443. The van der Waals surface area contributed by atoms with Crippen molar-refractivity contribution in [2.45, 2.75) is 33.1 Å². The zero-order valence-corrected chi connectivity index (χ0v) is 13.4. The molecule has 0 radical (unpaired) electrons. The molecule has 1 atom stereocenters. The molecule has 0 bridgehead atoms. The van der Waals surface area contributed by atoms with Gasteiger partial charge in [0, 0.05) is 17.3 Å². The second-order valence-electron chi connectivity index (χ2n) is 5.79. The van der Waals surface area contributed by atoms with E-state index in [0.29, 0.717) is 12.5 Å². The first-order chi connectivity index (χ1) is 10.7. The number of para-hydroxylation sites is 1. The van der Waals surface area contributed by atoms with Gasteiger partial charge in [0.2, 0.25) is 0 Å². The Morgan fingerprint density at radius 1 is 1.27 bits per heavy atom. The summed E-state index contributed by atoms with van der Waals surface area (Å²) in [4.78, 5) is 9.02. The minimum Gasteiger partial charge on any atom is -0.493 e. The third-order valence-electron chi connectivity index (χ3n) is 4.06. The molecule has 0 spiro atoms. The quantitative estimate of drug-likeness (QED) is 0.870. The molecule has 1 aromatic heterocycles. The summed E-state index contributed by atoms with van der Waals surface area (Å²) < 4.78 is 11.3. The summed E-state index contributed by atoms with van der Waals surface area (Å²) in [5.41, 5.74) is 3.45. The Morgan fingerprint density at radius 3 is 2.86 bits per heavy atom. The summed E-state index contributed by atoms with van der Waals surface area (Å²) >= 11 is 0. The van der Waals surface area contributed by atoms with Crippen LogP contribution in [0.5, 0.6) is 11.5 Å². The fourth-order valence-electron chi connectivity index (χ4n) is 3.03. The van der Waals surface area contributed by atoms with Gasteiger partial charge in [0.15, 0.2) is 11.5 Å². The predicted octanol–water partition coefficient (Wildman–Crippen LogP) is 3.15. The van der Waals surface area contributed by atoms with Gasteiger partial charge in [-0.2, -0.15) is 0 Å². The highest BCUT2D eigenvalue weighted by atomic mass is 16.5. The number of rotatable bonds is 4. The second-order valence-corrected chi connectivity index (χ2v) is 5.79. The molecule has 0 fully saturated rings. The van der Waals surface area contributed by atoms with Gasteiger partial charge in [-0.1, -0.05) is 19.1 Å². The minimum absolute atomic E-state index is 0.443. The molecular weight excluding hydrogens is 276 g/mol. The fourth-order valence-corrected chi connectivity index (χ4v) is 3.03. The summed E-state index contributed by atoms with van der Waals surface area (Å²) in [5, 5.41) is 0. The number of aromatic nitrogens is 2. The Labute approximate surface area is 131 Å². The van der Waals surface area contributed by atoms with Crippen LogP contribution in [-0.4, -0.2) is 23.7 Å². The zero-order valence-electron chi connectivity index (χ0n) is 13.4. The molecule has 0 saturated heterocycles. The molecule has 1 unspecified atom stereocenters. The Kier molecular flexibility index (Phi) is 4.27. The van der Waals surface area contributed by atoms with E-state index >= 15 is 0 Å². The third-order valence-corrected chi connectivity index (χ3v) is 4.06. The molecule has 116 valence electrons. The summed E-state index contributed by atoms with van der Waals surface area (Å²) in [6.45, 7) is 4.79. The maximum Gasteiger partial charge on any atom is 0.164 e. The van der Waals surface area contributed by atoms with Gasteiger partial charge in [-0.25, -0.2) is 9.97 Å². The lowest BCUT2D eigenvalue weighted by Gasteiger charge is -2.26. The molecule has 22 heavy (non-hydrogen) atoms. The lowest BCUT2D eigenvalue weighted by molar-refractivity contribution is 0.210. The van der Waals surface area contributed by atoms with Crippen molar-refractivity contribution < 1.29 is 9.47 Å². The molecule has 0 saturated carbocycles. The first kappa shape index (κ1) is 14.8. The van der Waals surface area contributed by atoms with Crippen molar-refractivity contribution in [1.29, 1.82) is 0 Å². The van der Waals surface area contributed by atoms with E-state index in [1.165, 1.54) is 5.56 Å². The van der Waals surface area contributed by atoms with Crippen LogP contribution in [0.2, 0.25) is 0 Å². The van der Waals surface area contributed by atoms with E-state index < -0.39 is 0 Å². The molecule has 3 rings (SSSR count). The normalized spacial score (nSPS) is 16.8. The molecule has 4 nitrogen and oxygen atoms in total. The largest absolute Gasteiger partial charge is 0.493 e. The van der Waals surface area contributed by atoms with Crippen LogP contribution in [0.3, 0.4) is 0 Å². The summed E-state index contributed by atoms with van der Waals surface area (Å²) in [6, 6.07) is 8.20. The van der Waals surface area contributed by atoms with Crippen molar-refractivity contribution in [3.05, 3.63) is 47.0 Å². The van der Waals surface area contributed by atoms with Crippen molar-refractivity contribution in [2.24, 2.45) is 5.92 Å². The fraction of sp³-hybridized carbons (Fsp3) is 0.444. The second kappa shape index (κ2) is 6.34. The van der Waals surface area contributed by atoms with Gasteiger partial charge in [0.25, 0.3) is 0 Å². The van der Waals surface area contributed by atoms with Crippen LogP contribution in [-0.2, 0) is 19.3 Å². The van der Waals surface area contributed by atoms with E-state index in [9.17, 15) is 0 Å². The third kappa shape index (κ3) is 3.06. The van der Waals surface area contributed by atoms with Gasteiger partial charge in [-0.05, 0) is 43.9 Å². The standard InChI is InChI=1S/C18H22N2O2/c1-4-15-10-16(20-12(2)19-15)9-13-8-14-6-5-7-17(21-3)18(14)22-11-13/h5-7,10,13H,4,8-9,11H2,1-3H3. The SMILES string of the molecule is CCc1cc(CC2COc3c(cccc3OC)C2)nc(C)n1. The Morgan fingerprint density at radius 2 is 2.09 bits per heavy atom. The van der Waals surface area contributed by atoms with E-state index in [0.717, 1.165) is 48.0 Å². The van der Waals surface area contributed by atoms with Crippen LogP contribution >= 0.6 is 0 Å². The first-order valence-corrected chi connectivity index (χ1v) is 7.81. The summed E-state index contributed by atoms with van der Waals surface area (Å²) in [5.74, 6) is 3.02. The molecular formula is C18H22N2O2. The van der Waals surface area contributed by atoms with Crippen LogP contribution in [0.1, 0.15) is 29.7 Å². The first-order valence-electron chi connectivity index (χ1n) is 7.81. The number of hydrogen-bond donors (Lipinski definition) is 0. The number of aryl methyl sites for hydroxylation is 2. The monoisotopic (exact) mass is 298 g/mol. The average Bonchev–Trinajstić information content (AvgIpc) is 2.53. The van der Waals surface area contributed by atoms with Crippen LogP contribution < -0.4 is 9.47 Å². The van der Waals surface area contributed by atoms with E-state index in [4.69, 9.17) is 9.47 Å². The van der Waals surface area contributed by atoms with Gasteiger partial charge in [0.1, 0.15) is 5.82 Å². The molecule has 1 aliphatic heterocycles. The van der Waals surface area contributed by atoms with Gasteiger partial charge in [-0.3, -0.25) is 0 Å². The smallest absolute Gasteiger partial charge is 0.164 e. The molecule has 1 aromatic carbocycles. The van der Waals surface area contributed by atoms with Gasteiger partial charge in [0.05, 0.1) is 13.7 Å². The van der Waals surface area contributed by atoms with E-state index in [2.05, 4.69) is 29.0 Å². The Hall–Kier alpha value is -2.10. The topological polar surface area (TPSA) is 44.2 Å². The molecule has 2 aromatic rings. The van der Waals surface area contributed by atoms with Gasteiger partial charge in [-0.15, -0.1) is 0 Å². The Balaban J connectivity index is 1.77. The van der Waals surface area contributed by atoms with Crippen molar-refractivity contribution in [1.82, 2.24) is 9.97 Å². The maximum absolute atomic E-state index is 5.95. The average molecular weight is 298 g/mol. The van der Waals surface area contributed by atoms with E-state index in [1.807, 2.05) is 19.1 Å². The highest BCUT2D eigenvalue weighted by molar-refractivity contribution is 5.47. The van der Waals surface area contributed by atoms with Gasteiger partial charge < -0.3 is 9.47 Å². The highest BCUT2D eigenvalue weighted by Crippen LogP contribution is 2.36. The van der Waals surface area contributed by atoms with Crippen molar-refractivity contribution in [2.75, 3.05) is 13.7 Å². The lowest BCUT2D eigenvalue weighted by atomic mass is 9.92. The predicted molar refractivity (Wildman–Crippen MR) is 85.5 cm³/mol. The number of nitrogens with zero attached hydrogens (tertiary/aromatic N) is 2. The van der Waals surface area contributed by atoms with Crippen LogP contribution in [0, 0.1) is 12.8 Å². The van der Waals surface area contributed by atoms with Crippen LogP contribution in [0.4, 0.5) is 0 Å². The highest BCUT2D eigenvalue weighted by Gasteiger charge is 2.23. The number of hydrogen-bond acceptors (Lipinski definition) is 4. The number of methoxy groups -OCH3 is 1. The van der Waals surface area contributed by atoms with Crippen LogP contribution in [0.15, 0.2) is 24.3 Å². The van der Waals surface area contributed by atoms with E-state index in [-0.39, 0.29) is 0 Å². The van der Waals surface area contributed by atoms with Crippen molar-refractivity contribution in [3.8, 4) is 11.5 Å². The van der Waals surface area contributed by atoms with Crippen LogP contribution in [0.25, 0.3) is 0 Å². The molecule has 0 aliphatic carbocycles. The number of ether oxygens (including phenoxy) is 2. The summed E-state index contributed by atoms with van der Waals surface area (Å²) in [6.07, 6.45) is 2.86. The lowest BCUT2D eigenvalue weighted by Crippen LogP contribution is -2.23. The number of fused-ring (bicyclic) bond motifs is 1.